The minimum Gasteiger partial charge on any atom is -0.478 e. The maximum Gasteiger partial charge on any atom is 0.338 e. The van der Waals surface area contributed by atoms with Crippen LogP contribution < -0.4 is 5.73 Å². The first-order valence-corrected chi connectivity index (χ1v) is 6.85. The van der Waals surface area contributed by atoms with Crippen molar-refractivity contribution in [3.63, 3.8) is 0 Å². The molecular formula is C11H12FNO5S. The Kier molecular flexibility index (Phi) is 4.25. The largest absolute Gasteiger partial charge is 0.478 e. The molecule has 1 aromatic rings. The third kappa shape index (κ3) is 3.50. The maximum absolute atomic E-state index is 13.5. The van der Waals surface area contributed by atoms with Crippen molar-refractivity contribution in [2.75, 3.05) is 5.75 Å². The van der Waals surface area contributed by atoms with E-state index in [1.807, 2.05) is 0 Å². The Labute approximate surface area is 109 Å². The number of halogens is 1. The van der Waals surface area contributed by atoms with Gasteiger partial charge in [-0.3, -0.25) is 4.79 Å². The third-order valence-corrected chi connectivity index (χ3v) is 4.13. The molecule has 1 amide bonds. The molecule has 0 heterocycles. The second-order valence-electron chi connectivity index (χ2n) is 3.94. The molecule has 0 saturated carbocycles. The normalized spacial score (nSPS) is 11.3. The highest BCUT2D eigenvalue weighted by Gasteiger charge is 2.21. The quantitative estimate of drug-likeness (QED) is 0.765. The molecule has 0 bridgehead atoms. The molecule has 0 aliphatic rings. The van der Waals surface area contributed by atoms with Crippen LogP contribution in [0.5, 0.6) is 0 Å². The molecule has 0 aromatic heterocycles. The molecule has 0 radical (unpaired) electrons. The molecule has 104 valence electrons. The van der Waals surface area contributed by atoms with Gasteiger partial charge in [-0.2, -0.15) is 0 Å². The van der Waals surface area contributed by atoms with Gasteiger partial charge >= 0.3 is 5.97 Å². The van der Waals surface area contributed by atoms with E-state index >= 15 is 0 Å². The zero-order valence-electron chi connectivity index (χ0n) is 10.0. The van der Waals surface area contributed by atoms with E-state index in [2.05, 4.69) is 0 Å². The monoisotopic (exact) mass is 289 g/mol. The van der Waals surface area contributed by atoms with E-state index in [0.717, 1.165) is 12.1 Å². The summed E-state index contributed by atoms with van der Waals surface area (Å²) in [6.07, 6.45) is -0.388. The summed E-state index contributed by atoms with van der Waals surface area (Å²) < 4.78 is 37.2. The highest BCUT2D eigenvalue weighted by atomic mass is 32.2. The van der Waals surface area contributed by atoms with Gasteiger partial charge in [0.1, 0.15) is 5.82 Å². The van der Waals surface area contributed by atoms with Crippen LogP contribution >= 0.6 is 0 Å². The predicted octanol–water partition coefficient (Wildman–Crippen LogP) is 0.481. The molecule has 0 aliphatic heterocycles. The maximum atomic E-state index is 13.5. The van der Waals surface area contributed by atoms with Crippen molar-refractivity contribution in [2.24, 2.45) is 5.73 Å². The van der Waals surface area contributed by atoms with Crippen molar-refractivity contribution < 1.29 is 27.5 Å². The van der Waals surface area contributed by atoms with Gasteiger partial charge in [-0.25, -0.2) is 17.6 Å². The number of carbonyl (C=O) groups is 2. The molecule has 3 N–H and O–H groups in total. The van der Waals surface area contributed by atoms with Crippen molar-refractivity contribution in [1.82, 2.24) is 0 Å². The Hall–Kier alpha value is -1.96. The van der Waals surface area contributed by atoms with E-state index in [4.69, 9.17) is 10.8 Å². The highest BCUT2D eigenvalue weighted by Crippen LogP contribution is 2.20. The van der Waals surface area contributed by atoms with Crippen LogP contribution in [0.15, 0.2) is 17.0 Å². The fraction of sp³-hybridized carbons (Fsp3) is 0.273. The molecule has 6 nitrogen and oxygen atoms in total. The smallest absolute Gasteiger partial charge is 0.338 e. The number of benzene rings is 1. The molecule has 0 unspecified atom stereocenters. The topological polar surface area (TPSA) is 115 Å². The van der Waals surface area contributed by atoms with E-state index in [-0.39, 0.29) is 16.9 Å². The van der Waals surface area contributed by atoms with Crippen molar-refractivity contribution in [3.05, 3.63) is 29.1 Å². The number of aromatic carboxylic acids is 1. The minimum atomic E-state index is -3.88. The summed E-state index contributed by atoms with van der Waals surface area (Å²) >= 11 is 0. The summed E-state index contributed by atoms with van der Waals surface area (Å²) in [6, 6.07) is 1.76. The van der Waals surface area contributed by atoms with E-state index in [1.165, 1.54) is 6.92 Å². The molecule has 1 aromatic carbocycles. The molecule has 0 fully saturated rings. The van der Waals surface area contributed by atoms with Crippen molar-refractivity contribution in [3.8, 4) is 0 Å². The number of carbonyl (C=O) groups excluding carboxylic acids is 1. The standard InChI is InChI=1S/C11H12FNO5S/c1-6-4-7(5-8(10(6)12)11(15)16)19(17,18)3-2-9(13)14/h4-5H,2-3H2,1H3,(H2,13,14)(H,15,16). The van der Waals surface area contributed by atoms with Crippen LogP contribution in [0.2, 0.25) is 0 Å². The molecule has 0 spiro atoms. The van der Waals surface area contributed by atoms with Gasteiger partial charge in [-0.05, 0) is 24.6 Å². The molecule has 1 rings (SSSR count). The molecule has 8 heteroatoms. The van der Waals surface area contributed by atoms with Gasteiger partial charge < -0.3 is 10.8 Å². The lowest BCUT2D eigenvalue weighted by Crippen LogP contribution is -2.18. The summed E-state index contributed by atoms with van der Waals surface area (Å²) in [7, 11) is -3.88. The lowest BCUT2D eigenvalue weighted by atomic mass is 10.1. The van der Waals surface area contributed by atoms with Crippen LogP contribution in [0, 0.1) is 12.7 Å². The zero-order chi connectivity index (χ0) is 14.8. The fourth-order valence-electron chi connectivity index (χ4n) is 1.42. The number of rotatable bonds is 5. The van der Waals surface area contributed by atoms with E-state index < -0.39 is 38.8 Å². The molecule has 0 saturated heterocycles. The lowest BCUT2D eigenvalue weighted by molar-refractivity contribution is -0.117. The second-order valence-corrected chi connectivity index (χ2v) is 6.05. The Morgan fingerprint density at radius 1 is 1.37 bits per heavy atom. The van der Waals surface area contributed by atoms with E-state index in [0.29, 0.717) is 0 Å². The number of sulfone groups is 1. The number of carboxylic acids is 1. The number of amides is 1. The Balaban J connectivity index is 3.28. The molecule has 0 atom stereocenters. The summed E-state index contributed by atoms with van der Waals surface area (Å²) in [6.45, 7) is 1.26. The van der Waals surface area contributed by atoms with Crippen LogP contribution in [0.3, 0.4) is 0 Å². The van der Waals surface area contributed by atoms with Crippen molar-refractivity contribution in [2.45, 2.75) is 18.2 Å². The predicted molar refractivity (Wildman–Crippen MR) is 64.0 cm³/mol. The Morgan fingerprint density at radius 3 is 2.42 bits per heavy atom. The summed E-state index contributed by atoms with van der Waals surface area (Å²) in [5.41, 5.74) is 4.03. The number of hydrogen-bond donors (Lipinski definition) is 2. The first kappa shape index (κ1) is 15.1. The van der Waals surface area contributed by atoms with Crippen molar-refractivity contribution in [1.29, 1.82) is 0 Å². The molecule has 0 aliphatic carbocycles. The highest BCUT2D eigenvalue weighted by molar-refractivity contribution is 7.91. The second kappa shape index (κ2) is 5.35. The van der Waals surface area contributed by atoms with Gasteiger partial charge in [-0.15, -0.1) is 0 Å². The zero-order valence-corrected chi connectivity index (χ0v) is 10.8. The summed E-state index contributed by atoms with van der Waals surface area (Å²) in [5.74, 6) is -3.89. The summed E-state index contributed by atoms with van der Waals surface area (Å²) in [4.78, 5) is 21.0. The Morgan fingerprint density at radius 2 is 1.95 bits per heavy atom. The van der Waals surface area contributed by atoms with Crippen LogP contribution in [0.1, 0.15) is 22.3 Å². The molecular weight excluding hydrogens is 277 g/mol. The van der Waals surface area contributed by atoms with Gasteiger partial charge in [-0.1, -0.05) is 0 Å². The Bertz CT molecular complexity index is 639. The number of primary amides is 1. The summed E-state index contributed by atoms with van der Waals surface area (Å²) in [5, 5.41) is 8.79. The minimum absolute atomic E-state index is 0.0995. The number of carboxylic acid groups (broad SMARTS) is 1. The third-order valence-electron chi connectivity index (χ3n) is 2.43. The van der Waals surface area contributed by atoms with Gasteiger partial charge in [0.2, 0.25) is 5.91 Å². The van der Waals surface area contributed by atoms with E-state index in [1.54, 1.807) is 0 Å². The van der Waals surface area contributed by atoms with Gasteiger partial charge in [0.15, 0.2) is 9.84 Å². The van der Waals surface area contributed by atoms with Crippen LogP contribution in [0.4, 0.5) is 4.39 Å². The van der Waals surface area contributed by atoms with Gasteiger partial charge in [0, 0.05) is 6.42 Å². The molecule has 19 heavy (non-hydrogen) atoms. The number of aryl methyl sites for hydroxylation is 1. The van der Waals surface area contributed by atoms with Gasteiger partial charge in [0.25, 0.3) is 0 Å². The lowest BCUT2D eigenvalue weighted by Gasteiger charge is -2.07. The fourth-order valence-corrected chi connectivity index (χ4v) is 2.78. The van der Waals surface area contributed by atoms with Crippen LogP contribution in [-0.2, 0) is 14.6 Å². The van der Waals surface area contributed by atoms with E-state index in [9.17, 15) is 22.4 Å². The number of nitrogens with two attached hydrogens (primary N) is 1. The average Bonchev–Trinajstić information content (AvgIpc) is 2.29. The van der Waals surface area contributed by atoms with Crippen molar-refractivity contribution >= 4 is 21.7 Å². The van der Waals surface area contributed by atoms with Gasteiger partial charge in [0.05, 0.1) is 16.2 Å². The first-order valence-electron chi connectivity index (χ1n) is 5.19. The van der Waals surface area contributed by atoms with Crippen LogP contribution in [-0.4, -0.2) is 31.2 Å². The SMILES string of the molecule is Cc1cc(S(=O)(=O)CCC(N)=O)cc(C(=O)O)c1F. The van der Waals surface area contributed by atoms with Crippen LogP contribution in [0.25, 0.3) is 0 Å². The number of hydrogen-bond acceptors (Lipinski definition) is 4. The first-order chi connectivity index (χ1) is 8.65. The average molecular weight is 289 g/mol.